The molecular weight excluding hydrogens is 292 g/mol. The smallest absolute Gasteiger partial charge is 0.229 e. The fraction of sp³-hybridized carbons (Fsp3) is 0.706. The molecule has 23 heavy (non-hydrogen) atoms. The van der Waals surface area contributed by atoms with Crippen LogP contribution in [-0.4, -0.2) is 53.6 Å². The summed E-state index contributed by atoms with van der Waals surface area (Å²) in [6, 6.07) is 0.243. The molecule has 6 nitrogen and oxygen atoms in total. The first-order valence-electron chi connectivity index (χ1n) is 8.38. The molecule has 3 rings (SSSR count). The van der Waals surface area contributed by atoms with Crippen molar-refractivity contribution in [1.82, 2.24) is 20.2 Å². The number of nitrogens with zero attached hydrogens (tertiary/aromatic N) is 3. The fourth-order valence-electron chi connectivity index (χ4n) is 2.87. The van der Waals surface area contributed by atoms with Crippen LogP contribution in [0.15, 0.2) is 12.5 Å². The maximum Gasteiger partial charge on any atom is 0.229 e. The van der Waals surface area contributed by atoms with Gasteiger partial charge in [-0.3, -0.25) is 4.79 Å². The van der Waals surface area contributed by atoms with Crippen LogP contribution in [0, 0.1) is 5.41 Å². The van der Waals surface area contributed by atoms with Gasteiger partial charge >= 0.3 is 0 Å². The molecule has 1 N–H and O–H groups in total. The van der Waals surface area contributed by atoms with Gasteiger partial charge in [-0.1, -0.05) is 0 Å². The number of rotatable bonds is 6. The largest absolute Gasteiger partial charge is 0.476 e. The van der Waals surface area contributed by atoms with Crippen LogP contribution in [-0.2, 0) is 4.79 Å². The van der Waals surface area contributed by atoms with Crippen molar-refractivity contribution < 1.29 is 9.53 Å². The van der Waals surface area contributed by atoms with Gasteiger partial charge in [0.1, 0.15) is 12.9 Å². The first kappa shape index (κ1) is 16.2. The summed E-state index contributed by atoms with van der Waals surface area (Å²) >= 11 is 0. The maximum absolute atomic E-state index is 12.5. The van der Waals surface area contributed by atoms with Crippen molar-refractivity contribution in [2.24, 2.45) is 5.41 Å². The first-order valence-corrected chi connectivity index (χ1v) is 8.38. The lowest BCUT2D eigenvalue weighted by Crippen LogP contribution is -2.46. The summed E-state index contributed by atoms with van der Waals surface area (Å²) in [5.74, 6) is 1.20. The Morgan fingerprint density at radius 1 is 1.43 bits per heavy atom. The van der Waals surface area contributed by atoms with E-state index in [9.17, 15) is 4.79 Å². The van der Waals surface area contributed by atoms with Gasteiger partial charge in [0.05, 0.1) is 5.41 Å². The third kappa shape index (κ3) is 3.99. The molecule has 1 aliphatic heterocycles. The van der Waals surface area contributed by atoms with Crippen molar-refractivity contribution >= 4 is 5.91 Å². The minimum atomic E-state index is -0.590. The number of amides is 1. The SMILES string of the molecule is CN1CCC(NC(=O)C(C)(C)COc2ncncc2C2CC2)C1. The van der Waals surface area contributed by atoms with E-state index in [0.717, 1.165) is 25.1 Å². The molecule has 2 fully saturated rings. The van der Waals surface area contributed by atoms with Crippen molar-refractivity contribution in [3.8, 4) is 5.88 Å². The van der Waals surface area contributed by atoms with E-state index in [4.69, 9.17) is 4.74 Å². The molecule has 1 aromatic heterocycles. The van der Waals surface area contributed by atoms with Gasteiger partial charge in [-0.25, -0.2) is 9.97 Å². The van der Waals surface area contributed by atoms with E-state index >= 15 is 0 Å². The lowest BCUT2D eigenvalue weighted by atomic mass is 9.93. The Labute approximate surface area is 137 Å². The van der Waals surface area contributed by atoms with Gasteiger partial charge in [0.15, 0.2) is 0 Å². The highest BCUT2D eigenvalue weighted by molar-refractivity contribution is 5.82. The zero-order valence-electron chi connectivity index (χ0n) is 14.2. The number of carbonyl (C=O) groups is 1. The lowest BCUT2D eigenvalue weighted by molar-refractivity contribution is -0.131. The van der Waals surface area contributed by atoms with Crippen LogP contribution in [0.2, 0.25) is 0 Å². The monoisotopic (exact) mass is 318 g/mol. The summed E-state index contributed by atoms with van der Waals surface area (Å²) < 4.78 is 5.89. The van der Waals surface area contributed by atoms with Gasteiger partial charge < -0.3 is 15.0 Å². The molecule has 0 spiro atoms. The van der Waals surface area contributed by atoms with Crippen molar-refractivity contribution in [2.45, 2.75) is 45.1 Å². The van der Waals surface area contributed by atoms with E-state index in [2.05, 4.69) is 27.2 Å². The molecule has 6 heteroatoms. The van der Waals surface area contributed by atoms with E-state index in [-0.39, 0.29) is 11.9 Å². The highest BCUT2D eigenvalue weighted by atomic mass is 16.5. The molecule has 126 valence electrons. The number of likely N-dealkylation sites (N-methyl/N-ethyl adjacent to an activating group) is 1. The molecule has 0 bridgehead atoms. The molecule has 0 aromatic carbocycles. The average Bonchev–Trinajstić information content (AvgIpc) is 3.29. The summed E-state index contributed by atoms with van der Waals surface area (Å²) in [6.07, 6.45) is 6.69. The number of aromatic nitrogens is 2. The van der Waals surface area contributed by atoms with E-state index in [1.54, 1.807) is 0 Å². The highest BCUT2D eigenvalue weighted by Gasteiger charge is 2.33. The van der Waals surface area contributed by atoms with Crippen LogP contribution in [0.4, 0.5) is 0 Å². The van der Waals surface area contributed by atoms with Gasteiger partial charge in [0.2, 0.25) is 11.8 Å². The van der Waals surface area contributed by atoms with Crippen LogP contribution >= 0.6 is 0 Å². The van der Waals surface area contributed by atoms with Crippen molar-refractivity contribution in [3.63, 3.8) is 0 Å². The number of nitrogens with one attached hydrogen (secondary N) is 1. The molecule has 1 aromatic rings. The van der Waals surface area contributed by atoms with Crippen LogP contribution in [0.25, 0.3) is 0 Å². The predicted molar refractivity (Wildman–Crippen MR) is 87.3 cm³/mol. The van der Waals surface area contributed by atoms with Gasteiger partial charge in [-0.15, -0.1) is 0 Å². The summed E-state index contributed by atoms with van der Waals surface area (Å²) in [7, 11) is 2.08. The fourth-order valence-corrected chi connectivity index (χ4v) is 2.87. The Bertz CT molecular complexity index is 571. The van der Waals surface area contributed by atoms with Crippen molar-refractivity contribution in [1.29, 1.82) is 0 Å². The second-order valence-corrected chi connectivity index (χ2v) is 7.45. The molecule has 1 unspecified atom stereocenters. The summed E-state index contributed by atoms with van der Waals surface area (Å²) in [5, 5.41) is 3.14. The molecule has 1 atom stereocenters. The Balaban J connectivity index is 1.56. The predicted octanol–water partition coefficient (Wildman–Crippen LogP) is 1.58. The second kappa shape index (κ2) is 6.43. The quantitative estimate of drug-likeness (QED) is 0.862. The number of hydrogen-bond acceptors (Lipinski definition) is 5. The van der Waals surface area contributed by atoms with Gasteiger partial charge in [0, 0.05) is 24.3 Å². The van der Waals surface area contributed by atoms with Gasteiger partial charge in [-0.2, -0.15) is 0 Å². The van der Waals surface area contributed by atoms with E-state index in [1.165, 1.54) is 19.2 Å². The molecule has 2 heterocycles. The Morgan fingerprint density at radius 2 is 2.22 bits per heavy atom. The molecule has 1 saturated carbocycles. The maximum atomic E-state index is 12.5. The molecule has 2 aliphatic rings. The van der Waals surface area contributed by atoms with E-state index < -0.39 is 5.41 Å². The summed E-state index contributed by atoms with van der Waals surface area (Å²) in [5.41, 5.74) is 0.480. The third-order valence-corrected chi connectivity index (χ3v) is 4.63. The minimum Gasteiger partial charge on any atom is -0.476 e. The second-order valence-electron chi connectivity index (χ2n) is 7.45. The highest BCUT2D eigenvalue weighted by Crippen LogP contribution is 2.43. The van der Waals surface area contributed by atoms with Gasteiger partial charge in [0.25, 0.3) is 0 Å². The molecule has 0 radical (unpaired) electrons. The lowest BCUT2D eigenvalue weighted by Gasteiger charge is -2.26. The third-order valence-electron chi connectivity index (χ3n) is 4.63. The number of ether oxygens (including phenoxy) is 1. The van der Waals surface area contributed by atoms with Crippen LogP contribution < -0.4 is 10.1 Å². The number of likely N-dealkylation sites (tertiary alicyclic amines) is 1. The molecule has 1 amide bonds. The average molecular weight is 318 g/mol. The first-order chi connectivity index (χ1) is 11.0. The summed E-state index contributed by atoms with van der Waals surface area (Å²) in [6.45, 7) is 6.10. The van der Waals surface area contributed by atoms with E-state index in [0.29, 0.717) is 18.4 Å². The Morgan fingerprint density at radius 3 is 2.87 bits per heavy atom. The van der Waals surface area contributed by atoms with Crippen LogP contribution in [0.1, 0.15) is 44.6 Å². The van der Waals surface area contributed by atoms with Crippen LogP contribution in [0.5, 0.6) is 5.88 Å². The Hall–Kier alpha value is -1.69. The zero-order chi connectivity index (χ0) is 16.4. The normalized spacial score (nSPS) is 22.1. The molecule has 1 saturated heterocycles. The number of hydrogen-bond donors (Lipinski definition) is 1. The van der Waals surface area contributed by atoms with Crippen LogP contribution in [0.3, 0.4) is 0 Å². The zero-order valence-corrected chi connectivity index (χ0v) is 14.2. The Kier molecular flexibility index (Phi) is 4.53. The topological polar surface area (TPSA) is 67.4 Å². The number of carbonyl (C=O) groups excluding carboxylic acids is 1. The minimum absolute atomic E-state index is 0.0415. The van der Waals surface area contributed by atoms with E-state index in [1.807, 2.05) is 20.0 Å². The van der Waals surface area contributed by atoms with Crippen molar-refractivity contribution in [3.05, 3.63) is 18.1 Å². The standard InChI is InChI=1S/C17H26N4O2/c1-17(2,16(22)20-13-6-7-21(3)9-13)10-23-15-14(12-4-5-12)8-18-11-19-15/h8,11-13H,4-7,9-10H2,1-3H3,(H,20,22). The summed E-state index contributed by atoms with van der Waals surface area (Å²) in [4.78, 5) is 23.1. The molecular formula is C17H26N4O2. The van der Waals surface area contributed by atoms with Gasteiger partial charge in [-0.05, 0) is 52.6 Å². The molecule has 1 aliphatic carbocycles. The van der Waals surface area contributed by atoms with Crippen molar-refractivity contribution in [2.75, 3.05) is 26.7 Å².